The minimum atomic E-state index is -0.705. The Hall–Kier alpha value is -3.39. The van der Waals surface area contributed by atoms with Crippen LogP contribution >= 0.6 is 0 Å². The molecule has 2 aromatic rings. The molecule has 1 saturated heterocycles. The molecular formula is C22H23N3O5. The van der Waals surface area contributed by atoms with Gasteiger partial charge >= 0.3 is 0 Å². The molecule has 0 radical (unpaired) electrons. The van der Waals surface area contributed by atoms with Gasteiger partial charge < -0.3 is 24.4 Å². The maximum absolute atomic E-state index is 12.9. The molecule has 0 bridgehead atoms. The Kier molecular flexibility index (Phi) is 5.41. The van der Waals surface area contributed by atoms with Crippen molar-refractivity contribution >= 4 is 17.4 Å². The number of Topliss-reactive ketones (excluding diaryl/α,β-unsaturated/α-hetero) is 1. The molecule has 3 heterocycles. The van der Waals surface area contributed by atoms with Crippen LogP contribution in [0.3, 0.4) is 0 Å². The first-order valence-corrected chi connectivity index (χ1v) is 9.70. The third kappa shape index (κ3) is 3.61. The normalized spacial score (nSPS) is 19.7. The molecule has 0 saturated carbocycles. The molecule has 0 aliphatic carbocycles. The molecule has 1 aromatic heterocycles. The zero-order valence-electron chi connectivity index (χ0n) is 16.9. The lowest BCUT2D eigenvalue weighted by Crippen LogP contribution is -2.32. The predicted molar refractivity (Wildman–Crippen MR) is 109 cm³/mol. The number of benzene rings is 1. The van der Waals surface area contributed by atoms with Gasteiger partial charge in [0.15, 0.2) is 11.5 Å². The molecule has 4 rings (SSSR count). The zero-order valence-corrected chi connectivity index (χ0v) is 16.9. The van der Waals surface area contributed by atoms with Gasteiger partial charge in [-0.1, -0.05) is 6.07 Å². The first-order chi connectivity index (χ1) is 14.5. The van der Waals surface area contributed by atoms with Crippen LogP contribution in [0, 0.1) is 0 Å². The van der Waals surface area contributed by atoms with E-state index in [4.69, 9.17) is 9.47 Å². The van der Waals surface area contributed by atoms with Gasteiger partial charge in [-0.2, -0.15) is 0 Å². The number of aromatic nitrogens is 1. The fourth-order valence-corrected chi connectivity index (χ4v) is 3.75. The summed E-state index contributed by atoms with van der Waals surface area (Å²) < 4.78 is 10.7. The molecule has 0 spiro atoms. The van der Waals surface area contributed by atoms with Gasteiger partial charge in [0, 0.05) is 24.5 Å². The summed E-state index contributed by atoms with van der Waals surface area (Å²) >= 11 is 0. The minimum Gasteiger partial charge on any atom is -0.507 e. The van der Waals surface area contributed by atoms with Gasteiger partial charge in [0.2, 0.25) is 6.79 Å². The highest BCUT2D eigenvalue weighted by Gasteiger charge is 2.46. The van der Waals surface area contributed by atoms with Crippen LogP contribution in [0.1, 0.15) is 23.6 Å². The summed E-state index contributed by atoms with van der Waals surface area (Å²) in [6, 6.07) is 7.76. The average Bonchev–Trinajstić information content (AvgIpc) is 3.31. The lowest BCUT2D eigenvalue weighted by molar-refractivity contribution is -0.139. The number of fused-ring (bicyclic) bond motifs is 1. The van der Waals surface area contributed by atoms with E-state index in [1.807, 2.05) is 19.0 Å². The number of hydrogen-bond acceptors (Lipinski definition) is 7. The Balaban J connectivity index is 1.77. The zero-order chi connectivity index (χ0) is 21.3. The molecule has 1 fully saturated rings. The van der Waals surface area contributed by atoms with Gasteiger partial charge in [-0.3, -0.25) is 14.6 Å². The van der Waals surface area contributed by atoms with Gasteiger partial charge in [-0.25, -0.2) is 0 Å². The van der Waals surface area contributed by atoms with Gasteiger partial charge in [-0.15, -0.1) is 0 Å². The van der Waals surface area contributed by atoms with Gasteiger partial charge in [0.1, 0.15) is 5.76 Å². The maximum Gasteiger partial charge on any atom is 0.295 e. The Morgan fingerprint density at radius 3 is 2.77 bits per heavy atom. The number of ether oxygens (including phenoxy) is 2. The fraction of sp³-hybridized carbons (Fsp3) is 0.318. The molecule has 1 aromatic carbocycles. The van der Waals surface area contributed by atoms with Crippen molar-refractivity contribution in [3.8, 4) is 11.5 Å². The van der Waals surface area contributed by atoms with Crippen molar-refractivity contribution < 1.29 is 24.2 Å². The van der Waals surface area contributed by atoms with Crippen LogP contribution in [0.4, 0.5) is 0 Å². The second kappa shape index (κ2) is 8.16. The smallest absolute Gasteiger partial charge is 0.295 e. The maximum atomic E-state index is 12.9. The van der Waals surface area contributed by atoms with Gasteiger partial charge in [0.05, 0.1) is 11.6 Å². The van der Waals surface area contributed by atoms with Crippen molar-refractivity contribution in [1.82, 2.24) is 14.8 Å². The number of hydrogen-bond donors (Lipinski definition) is 1. The van der Waals surface area contributed by atoms with Crippen molar-refractivity contribution in [2.75, 3.05) is 34.0 Å². The lowest BCUT2D eigenvalue weighted by Gasteiger charge is -2.25. The highest BCUT2D eigenvalue weighted by Crippen LogP contribution is 2.41. The quantitative estimate of drug-likeness (QED) is 0.444. The van der Waals surface area contributed by atoms with Crippen molar-refractivity contribution in [1.29, 1.82) is 0 Å². The third-order valence-electron chi connectivity index (χ3n) is 5.19. The number of carbonyl (C=O) groups excluding carboxylic acids is 2. The predicted octanol–water partition coefficient (Wildman–Crippen LogP) is 2.18. The van der Waals surface area contributed by atoms with Crippen LogP contribution in [0.15, 0.2) is 48.3 Å². The van der Waals surface area contributed by atoms with E-state index in [0.717, 1.165) is 6.54 Å². The molecular weight excluding hydrogens is 386 g/mol. The number of likely N-dealkylation sites (tertiary alicyclic amines) is 1. The van der Waals surface area contributed by atoms with E-state index in [9.17, 15) is 14.7 Å². The van der Waals surface area contributed by atoms with Crippen molar-refractivity contribution in [3.05, 3.63) is 59.4 Å². The van der Waals surface area contributed by atoms with E-state index in [-0.39, 0.29) is 18.1 Å². The van der Waals surface area contributed by atoms with Crippen LogP contribution < -0.4 is 9.47 Å². The number of pyridine rings is 1. The van der Waals surface area contributed by atoms with E-state index in [0.29, 0.717) is 35.6 Å². The molecule has 1 amide bonds. The highest BCUT2D eigenvalue weighted by molar-refractivity contribution is 6.46. The Labute approximate surface area is 174 Å². The second-order valence-corrected chi connectivity index (χ2v) is 7.50. The summed E-state index contributed by atoms with van der Waals surface area (Å²) in [7, 11) is 3.90. The Bertz CT molecular complexity index is 1000. The summed E-state index contributed by atoms with van der Waals surface area (Å²) in [6.45, 7) is 1.26. The monoisotopic (exact) mass is 409 g/mol. The van der Waals surface area contributed by atoms with Crippen LogP contribution in [0.5, 0.6) is 11.5 Å². The van der Waals surface area contributed by atoms with Gasteiger partial charge in [0.25, 0.3) is 11.7 Å². The average molecular weight is 409 g/mol. The SMILES string of the molecule is CN(C)CCCN1C(=O)C(=O)/C(=C(\O)c2ccc3c(c2)OCO3)[C@@H]1c1cccnc1. The van der Waals surface area contributed by atoms with Crippen LogP contribution in [-0.2, 0) is 9.59 Å². The Morgan fingerprint density at radius 2 is 2.03 bits per heavy atom. The van der Waals surface area contributed by atoms with Crippen LogP contribution in [0.25, 0.3) is 5.76 Å². The molecule has 1 N–H and O–H groups in total. The first kappa shape index (κ1) is 19.9. The van der Waals surface area contributed by atoms with Crippen molar-refractivity contribution in [3.63, 3.8) is 0 Å². The van der Waals surface area contributed by atoms with E-state index in [1.54, 1.807) is 42.7 Å². The number of aliphatic hydroxyl groups is 1. The largest absolute Gasteiger partial charge is 0.507 e. The number of rotatable bonds is 6. The molecule has 8 nitrogen and oxygen atoms in total. The molecule has 8 heteroatoms. The summed E-state index contributed by atoms with van der Waals surface area (Å²) in [6.07, 6.45) is 3.93. The topological polar surface area (TPSA) is 92.2 Å². The summed E-state index contributed by atoms with van der Waals surface area (Å²) in [5, 5.41) is 11.1. The number of ketones is 1. The van der Waals surface area contributed by atoms with Crippen molar-refractivity contribution in [2.24, 2.45) is 0 Å². The van der Waals surface area contributed by atoms with Gasteiger partial charge in [-0.05, 0) is 56.9 Å². The van der Waals surface area contributed by atoms with Crippen molar-refractivity contribution in [2.45, 2.75) is 12.5 Å². The molecule has 30 heavy (non-hydrogen) atoms. The Morgan fingerprint density at radius 1 is 1.23 bits per heavy atom. The highest BCUT2D eigenvalue weighted by atomic mass is 16.7. The van der Waals surface area contributed by atoms with E-state index in [1.165, 1.54) is 4.90 Å². The number of aliphatic hydroxyl groups excluding tert-OH is 1. The second-order valence-electron chi connectivity index (χ2n) is 7.50. The molecule has 1 atom stereocenters. The summed E-state index contributed by atoms with van der Waals surface area (Å²) in [5.41, 5.74) is 1.11. The lowest BCUT2D eigenvalue weighted by atomic mass is 9.96. The number of carbonyl (C=O) groups is 2. The molecule has 156 valence electrons. The van der Waals surface area contributed by atoms with Crippen LogP contribution in [0.2, 0.25) is 0 Å². The number of nitrogens with zero attached hydrogens (tertiary/aromatic N) is 3. The molecule has 0 unspecified atom stereocenters. The molecule has 2 aliphatic rings. The standard InChI is InChI=1S/C22H23N3O5/c1-24(2)9-4-10-25-19(15-5-3-8-23-12-15)18(21(27)22(25)28)20(26)14-6-7-16-17(11-14)30-13-29-16/h3,5-8,11-12,19,26H,4,9-10,13H2,1-2H3/b20-18-/t19-/m0/s1. The molecule has 2 aliphatic heterocycles. The fourth-order valence-electron chi connectivity index (χ4n) is 3.75. The van der Waals surface area contributed by atoms with E-state index < -0.39 is 17.7 Å². The third-order valence-corrected chi connectivity index (χ3v) is 5.19. The van der Waals surface area contributed by atoms with E-state index >= 15 is 0 Å². The summed E-state index contributed by atoms with van der Waals surface area (Å²) in [5.74, 6) is -0.513. The summed E-state index contributed by atoms with van der Waals surface area (Å²) in [4.78, 5) is 33.5. The minimum absolute atomic E-state index is 0.0525. The number of amides is 1. The van der Waals surface area contributed by atoms with E-state index in [2.05, 4.69) is 4.98 Å². The first-order valence-electron chi connectivity index (χ1n) is 9.70. The van der Waals surface area contributed by atoms with Crippen LogP contribution in [-0.4, -0.2) is 65.6 Å².